The first-order chi connectivity index (χ1) is 11.2. The van der Waals surface area contributed by atoms with Crippen molar-refractivity contribution in [1.82, 2.24) is 14.8 Å². The van der Waals surface area contributed by atoms with Crippen LogP contribution in [0.5, 0.6) is 0 Å². The zero-order valence-corrected chi connectivity index (χ0v) is 14.8. The second kappa shape index (κ2) is 7.36. The smallest absolute Gasteiger partial charge is 0.232 e. The van der Waals surface area contributed by atoms with Crippen LogP contribution in [0.1, 0.15) is 25.8 Å². The fraction of sp³-hybridized carbons (Fsp3) is 0.529. The molecule has 124 valence electrons. The molecule has 1 aliphatic rings. The van der Waals surface area contributed by atoms with Gasteiger partial charge in [0.15, 0.2) is 5.16 Å². The normalized spacial score (nSPS) is 16.6. The molecule has 0 N–H and O–H groups in total. The molecule has 6 heteroatoms. The van der Waals surface area contributed by atoms with Crippen LogP contribution in [0.25, 0.3) is 5.69 Å². The van der Waals surface area contributed by atoms with Crippen LogP contribution in [0, 0.1) is 6.92 Å². The summed E-state index contributed by atoms with van der Waals surface area (Å²) >= 11 is 1.79. The molecular weight excluding hydrogens is 308 g/mol. The first kappa shape index (κ1) is 16.3. The first-order valence-electron chi connectivity index (χ1n) is 8.21. The molecule has 0 amide bonds. The van der Waals surface area contributed by atoms with Crippen LogP contribution in [0.4, 0.5) is 5.95 Å². The molecule has 1 aromatic heterocycles. The Bertz CT molecular complexity index is 635. The number of aryl methyl sites for hydroxylation is 1. The minimum atomic E-state index is 0.515. The van der Waals surface area contributed by atoms with Gasteiger partial charge in [-0.25, -0.2) is 0 Å². The van der Waals surface area contributed by atoms with E-state index in [-0.39, 0.29) is 0 Å². The molecule has 5 nitrogen and oxygen atoms in total. The van der Waals surface area contributed by atoms with E-state index in [4.69, 9.17) is 4.74 Å². The first-order valence-corrected chi connectivity index (χ1v) is 9.08. The van der Waals surface area contributed by atoms with E-state index in [1.807, 2.05) is 0 Å². The lowest BCUT2D eigenvalue weighted by Crippen LogP contribution is -2.37. The van der Waals surface area contributed by atoms with Crippen LogP contribution in [0.15, 0.2) is 29.4 Å². The summed E-state index contributed by atoms with van der Waals surface area (Å²) < 4.78 is 7.65. The highest BCUT2D eigenvalue weighted by molar-refractivity contribution is 7.99. The lowest BCUT2D eigenvalue weighted by atomic mass is 10.2. The molecular formula is C17H24N4OS. The quantitative estimate of drug-likeness (QED) is 0.786. The molecule has 1 aromatic carbocycles. The maximum atomic E-state index is 5.47. The molecule has 0 aliphatic carbocycles. The Morgan fingerprint density at radius 2 is 1.87 bits per heavy atom. The third-order valence-corrected chi connectivity index (χ3v) is 5.29. The molecule has 3 rings (SSSR count). The van der Waals surface area contributed by atoms with Gasteiger partial charge in [0.25, 0.3) is 0 Å². The summed E-state index contributed by atoms with van der Waals surface area (Å²) in [6.45, 7) is 9.74. The van der Waals surface area contributed by atoms with Gasteiger partial charge in [-0.2, -0.15) is 0 Å². The number of anilines is 1. The van der Waals surface area contributed by atoms with Crippen molar-refractivity contribution in [2.75, 3.05) is 31.2 Å². The Balaban J connectivity index is 2.00. The van der Waals surface area contributed by atoms with Crippen molar-refractivity contribution >= 4 is 17.7 Å². The van der Waals surface area contributed by atoms with Crippen molar-refractivity contribution < 1.29 is 4.74 Å². The number of aromatic nitrogens is 3. The monoisotopic (exact) mass is 332 g/mol. The van der Waals surface area contributed by atoms with Crippen LogP contribution >= 0.6 is 11.8 Å². The summed E-state index contributed by atoms with van der Waals surface area (Å²) in [5, 5.41) is 10.4. The molecule has 1 aliphatic heterocycles. The van der Waals surface area contributed by atoms with Crippen LogP contribution in [0.3, 0.4) is 0 Å². The van der Waals surface area contributed by atoms with Gasteiger partial charge in [0.05, 0.1) is 18.9 Å². The average Bonchev–Trinajstić information content (AvgIpc) is 3.00. The third kappa shape index (κ3) is 3.70. The van der Waals surface area contributed by atoms with Crippen molar-refractivity contribution in [3.63, 3.8) is 0 Å². The summed E-state index contributed by atoms with van der Waals surface area (Å²) in [6, 6.07) is 8.55. The van der Waals surface area contributed by atoms with E-state index >= 15 is 0 Å². The van der Waals surface area contributed by atoms with Gasteiger partial charge < -0.3 is 9.64 Å². The molecule has 2 aromatic rings. The van der Waals surface area contributed by atoms with Gasteiger partial charge in [-0.3, -0.25) is 4.57 Å². The van der Waals surface area contributed by atoms with E-state index in [0.717, 1.165) is 49.5 Å². The predicted molar refractivity (Wildman–Crippen MR) is 94.7 cm³/mol. The Kier molecular flexibility index (Phi) is 5.23. The van der Waals surface area contributed by atoms with E-state index in [9.17, 15) is 0 Å². The van der Waals surface area contributed by atoms with Crippen molar-refractivity contribution in [2.45, 2.75) is 37.6 Å². The number of nitrogens with zero attached hydrogens (tertiary/aromatic N) is 4. The van der Waals surface area contributed by atoms with Gasteiger partial charge in [0.1, 0.15) is 0 Å². The number of thioether (sulfide) groups is 1. The Morgan fingerprint density at radius 1 is 1.17 bits per heavy atom. The average molecular weight is 332 g/mol. The van der Waals surface area contributed by atoms with Crippen molar-refractivity contribution in [1.29, 1.82) is 0 Å². The van der Waals surface area contributed by atoms with Crippen LogP contribution < -0.4 is 4.90 Å². The van der Waals surface area contributed by atoms with E-state index in [1.165, 1.54) is 5.56 Å². The lowest BCUT2D eigenvalue weighted by molar-refractivity contribution is 0.122. The maximum Gasteiger partial charge on any atom is 0.232 e. The highest BCUT2D eigenvalue weighted by atomic mass is 32.2. The molecule has 0 radical (unpaired) electrons. The minimum absolute atomic E-state index is 0.515. The number of ether oxygens (including phenoxy) is 1. The maximum absolute atomic E-state index is 5.47. The second-order valence-electron chi connectivity index (χ2n) is 5.89. The summed E-state index contributed by atoms with van der Waals surface area (Å²) in [7, 11) is 0. The second-order valence-corrected chi connectivity index (χ2v) is 7.30. The molecule has 23 heavy (non-hydrogen) atoms. The summed E-state index contributed by atoms with van der Waals surface area (Å²) in [5.74, 6) is 0.919. The van der Waals surface area contributed by atoms with Gasteiger partial charge in [-0.15, -0.1) is 10.2 Å². The number of rotatable bonds is 5. The van der Waals surface area contributed by atoms with Gasteiger partial charge in [0, 0.05) is 18.3 Å². The zero-order chi connectivity index (χ0) is 16.2. The highest BCUT2D eigenvalue weighted by Gasteiger charge is 2.22. The van der Waals surface area contributed by atoms with Gasteiger partial charge >= 0.3 is 0 Å². The molecule has 0 saturated carbocycles. The summed E-state index contributed by atoms with van der Waals surface area (Å²) in [4.78, 5) is 2.26. The van der Waals surface area contributed by atoms with Crippen LogP contribution in [0.2, 0.25) is 0 Å². The number of hydrogen-bond donors (Lipinski definition) is 0. The SMILES string of the molecule is CCC(C)Sc1nnc(N2CCOCC2)n1-c1ccc(C)cc1. The predicted octanol–water partition coefficient (Wildman–Crippen LogP) is 3.30. The largest absolute Gasteiger partial charge is 0.378 e. The fourth-order valence-electron chi connectivity index (χ4n) is 2.49. The Labute approximate surface area is 142 Å². The van der Waals surface area contributed by atoms with Gasteiger partial charge in [-0.05, 0) is 25.5 Å². The van der Waals surface area contributed by atoms with Gasteiger partial charge in [0.2, 0.25) is 5.95 Å². The van der Waals surface area contributed by atoms with Crippen LogP contribution in [-0.4, -0.2) is 46.3 Å². The molecule has 1 atom stereocenters. The lowest BCUT2D eigenvalue weighted by Gasteiger charge is -2.28. The number of morpholine rings is 1. The summed E-state index contributed by atoms with van der Waals surface area (Å²) in [6.07, 6.45) is 1.11. The topological polar surface area (TPSA) is 43.2 Å². The molecule has 2 heterocycles. The van der Waals surface area contributed by atoms with Crippen LogP contribution in [-0.2, 0) is 4.74 Å². The number of hydrogen-bond acceptors (Lipinski definition) is 5. The number of benzene rings is 1. The van der Waals surface area contributed by atoms with E-state index in [1.54, 1.807) is 11.8 Å². The molecule has 1 unspecified atom stereocenters. The molecule has 1 saturated heterocycles. The van der Waals surface area contributed by atoms with Crippen molar-refractivity contribution in [3.8, 4) is 5.69 Å². The van der Waals surface area contributed by atoms with Crippen molar-refractivity contribution in [3.05, 3.63) is 29.8 Å². The van der Waals surface area contributed by atoms with E-state index in [0.29, 0.717) is 5.25 Å². The minimum Gasteiger partial charge on any atom is -0.378 e. The Morgan fingerprint density at radius 3 is 2.52 bits per heavy atom. The fourth-order valence-corrected chi connectivity index (χ4v) is 3.40. The van der Waals surface area contributed by atoms with E-state index in [2.05, 4.69) is 64.7 Å². The highest BCUT2D eigenvalue weighted by Crippen LogP contribution is 2.30. The summed E-state index contributed by atoms with van der Waals surface area (Å²) in [5.41, 5.74) is 2.37. The molecule has 1 fully saturated rings. The molecule has 0 bridgehead atoms. The van der Waals surface area contributed by atoms with E-state index < -0.39 is 0 Å². The molecule has 0 spiro atoms. The van der Waals surface area contributed by atoms with Gasteiger partial charge in [-0.1, -0.05) is 43.3 Å². The standard InChI is InChI=1S/C17H24N4OS/c1-4-14(3)23-17-19-18-16(20-9-11-22-12-10-20)21(17)15-7-5-13(2)6-8-15/h5-8,14H,4,9-12H2,1-3H3. The Hall–Kier alpha value is -1.53. The zero-order valence-electron chi connectivity index (χ0n) is 14.0. The van der Waals surface area contributed by atoms with Crippen molar-refractivity contribution in [2.24, 2.45) is 0 Å². The third-order valence-electron chi connectivity index (χ3n) is 4.08.